The fourth-order valence-electron chi connectivity index (χ4n) is 3.00. The van der Waals surface area contributed by atoms with Gasteiger partial charge >= 0.3 is 0 Å². The van der Waals surface area contributed by atoms with Gasteiger partial charge in [-0.3, -0.25) is 0 Å². The molecule has 0 atom stereocenters. The highest BCUT2D eigenvalue weighted by Crippen LogP contribution is 2.35. The van der Waals surface area contributed by atoms with E-state index in [-0.39, 0.29) is 12.0 Å². The SMILES string of the molecule is OCC1(CNc2nnnn2-c2ccccc2)CCCCC1. The van der Waals surface area contributed by atoms with E-state index in [4.69, 9.17) is 0 Å². The van der Waals surface area contributed by atoms with Crippen LogP contribution in [0.1, 0.15) is 32.1 Å². The Labute approximate surface area is 124 Å². The van der Waals surface area contributed by atoms with E-state index in [9.17, 15) is 5.11 Å². The second kappa shape index (κ2) is 6.22. The van der Waals surface area contributed by atoms with Gasteiger partial charge in [-0.1, -0.05) is 42.6 Å². The summed E-state index contributed by atoms with van der Waals surface area (Å²) >= 11 is 0. The van der Waals surface area contributed by atoms with E-state index in [0.29, 0.717) is 12.5 Å². The van der Waals surface area contributed by atoms with E-state index >= 15 is 0 Å². The number of rotatable bonds is 5. The third-order valence-corrected chi connectivity index (χ3v) is 4.34. The second-order valence-corrected chi connectivity index (χ2v) is 5.82. The molecule has 1 heterocycles. The Balaban J connectivity index is 1.73. The molecule has 1 saturated carbocycles. The molecule has 112 valence electrons. The average molecular weight is 287 g/mol. The Morgan fingerprint density at radius 2 is 1.90 bits per heavy atom. The molecule has 1 fully saturated rings. The highest BCUT2D eigenvalue weighted by Gasteiger charge is 2.31. The van der Waals surface area contributed by atoms with Crippen molar-refractivity contribution in [2.24, 2.45) is 5.41 Å². The molecule has 0 aliphatic heterocycles. The lowest BCUT2D eigenvalue weighted by Crippen LogP contribution is -2.36. The third-order valence-electron chi connectivity index (χ3n) is 4.34. The van der Waals surface area contributed by atoms with E-state index in [1.807, 2.05) is 30.3 Å². The van der Waals surface area contributed by atoms with Gasteiger partial charge in [0.05, 0.1) is 12.3 Å². The summed E-state index contributed by atoms with van der Waals surface area (Å²) in [4.78, 5) is 0. The molecule has 0 saturated heterocycles. The molecular weight excluding hydrogens is 266 g/mol. The molecule has 1 aromatic carbocycles. The fraction of sp³-hybridized carbons (Fsp3) is 0.533. The van der Waals surface area contributed by atoms with Gasteiger partial charge in [0, 0.05) is 12.0 Å². The molecule has 6 nitrogen and oxygen atoms in total. The normalized spacial score (nSPS) is 17.6. The first kappa shape index (κ1) is 14.0. The van der Waals surface area contributed by atoms with Crippen LogP contribution in [0.3, 0.4) is 0 Å². The number of hydrogen-bond acceptors (Lipinski definition) is 5. The van der Waals surface area contributed by atoms with E-state index in [1.54, 1.807) is 4.68 Å². The van der Waals surface area contributed by atoms with Crippen molar-refractivity contribution in [2.45, 2.75) is 32.1 Å². The van der Waals surface area contributed by atoms with Crippen LogP contribution in [0.25, 0.3) is 5.69 Å². The standard InChI is InChI=1S/C15H21N5O/c21-12-15(9-5-2-6-10-15)11-16-14-17-18-19-20(14)13-7-3-1-4-8-13/h1,3-4,7-8,21H,2,5-6,9-12H2,(H,16,17,19). The number of nitrogens with one attached hydrogen (secondary N) is 1. The summed E-state index contributed by atoms with van der Waals surface area (Å²) in [7, 11) is 0. The van der Waals surface area contributed by atoms with Crippen LogP contribution in [0.2, 0.25) is 0 Å². The Morgan fingerprint density at radius 1 is 1.14 bits per heavy atom. The van der Waals surface area contributed by atoms with Crippen LogP contribution < -0.4 is 5.32 Å². The van der Waals surface area contributed by atoms with Gasteiger partial charge in [0.1, 0.15) is 0 Å². The number of aliphatic hydroxyl groups excluding tert-OH is 1. The first-order chi connectivity index (χ1) is 10.3. The van der Waals surface area contributed by atoms with Crippen molar-refractivity contribution in [1.29, 1.82) is 0 Å². The number of tetrazole rings is 1. The van der Waals surface area contributed by atoms with E-state index in [2.05, 4.69) is 20.8 Å². The second-order valence-electron chi connectivity index (χ2n) is 5.82. The lowest BCUT2D eigenvalue weighted by Gasteiger charge is -2.35. The minimum Gasteiger partial charge on any atom is -0.396 e. The molecule has 0 amide bonds. The topological polar surface area (TPSA) is 75.9 Å². The zero-order valence-electron chi connectivity index (χ0n) is 12.1. The van der Waals surface area contributed by atoms with E-state index in [0.717, 1.165) is 18.5 Å². The van der Waals surface area contributed by atoms with Crippen molar-refractivity contribution in [3.05, 3.63) is 30.3 Å². The van der Waals surface area contributed by atoms with Crippen molar-refractivity contribution in [3.63, 3.8) is 0 Å². The van der Waals surface area contributed by atoms with Crippen LogP contribution >= 0.6 is 0 Å². The molecule has 6 heteroatoms. The van der Waals surface area contributed by atoms with Crippen LogP contribution in [-0.2, 0) is 0 Å². The summed E-state index contributed by atoms with van der Waals surface area (Å²) in [5.41, 5.74) is 0.887. The third kappa shape index (κ3) is 3.05. The maximum Gasteiger partial charge on any atom is 0.247 e. The van der Waals surface area contributed by atoms with Gasteiger partial charge in [0.25, 0.3) is 0 Å². The summed E-state index contributed by atoms with van der Waals surface area (Å²) in [5, 5.41) is 24.9. The van der Waals surface area contributed by atoms with Gasteiger partial charge in [0.2, 0.25) is 5.95 Å². The van der Waals surface area contributed by atoms with Crippen molar-refractivity contribution < 1.29 is 5.11 Å². The molecule has 1 aliphatic carbocycles. The molecule has 2 N–H and O–H groups in total. The molecule has 1 aliphatic rings. The van der Waals surface area contributed by atoms with Gasteiger partial charge in [-0.15, -0.1) is 0 Å². The lowest BCUT2D eigenvalue weighted by atomic mass is 9.74. The first-order valence-corrected chi connectivity index (χ1v) is 7.52. The largest absolute Gasteiger partial charge is 0.396 e. The average Bonchev–Trinajstić information content (AvgIpc) is 3.03. The Hall–Kier alpha value is -1.95. The summed E-state index contributed by atoms with van der Waals surface area (Å²) in [6.45, 7) is 0.920. The van der Waals surface area contributed by atoms with Gasteiger partial charge in [-0.2, -0.15) is 4.68 Å². The number of aliphatic hydroxyl groups is 1. The van der Waals surface area contributed by atoms with Crippen molar-refractivity contribution in [3.8, 4) is 5.69 Å². The van der Waals surface area contributed by atoms with Crippen LogP contribution in [0.4, 0.5) is 5.95 Å². The summed E-state index contributed by atoms with van der Waals surface area (Å²) < 4.78 is 1.69. The fourth-order valence-corrected chi connectivity index (χ4v) is 3.00. The molecule has 0 radical (unpaired) electrons. The highest BCUT2D eigenvalue weighted by molar-refractivity contribution is 5.38. The maximum absolute atomic E-state index is 9.76. The highest BCUT2D eigenvalue weighted by atomic mass is 16.3. The predicted molar refractivity (Wildman–Crippen MR) is 80.2 cm³/mol. The van der Waals surface area contributed by atoms with Gasteiger partial charge in [0.15, 0.2) is 0 Å². The minimum absolute atomic E-state index is 0.0360. The molecular formula is C15H21N5O. The van der Waals surface area contributed by atoms with E-state index < -0.39 is 0 Å². The summed E-state index contributed by atoms with van der Waals surface area (Å²) in [5.74, 6) is 0.625. The zero-order valence-corrected chi connectivity index (χ0v) is 12.1. The van der Waals surface area contributed by atoms with Gasteiger partial charge in [-0.05, 0) is 35.4 Å². The van der Waals surface area contributed by atoms with Crippen LogP contribution in [0, 0.1) is 5.41 Å². The number of benzene rings is 1. The van der Waals surface area contributed by atoms with Crippen LogP contribution in [0.15, 0.2) is 30.3 Å². The monoisotopic (exact) mass is 287 g/mol. The molecule has 21 heavy (non-hydrogen) atoms. The van der Waals surface area contributed by atoms with Crippen molar-refractivity contribution in [1.82, 2.24) is 20.2 Å². The smallest absolute Gasteiger partial charge is 0.247 e. The molecule has 3 rings (SSSR count). The lowest BCUT2D eigenvalue weighted by molar-refractivity contribution is 0.0942. The number of aromatic nitrogens is 4. The van der Waals surface area contributed by atoms with Gasteiger partial charge in [-0.25, -0.2) is 0 Å². The van der Waals surface area contributed by atoms with Crippen molar-refractivity contribution in [2.75, 3.05) is 18.5 Å². The quantitative estimate of drug-likeness (QED) is 0.880. The first-order valence-electron chi connectivity index (χ1n) is 7.52. The van der Waals surface area contributed by atoms with Crippen molar-refractivity contribution >= 4 is 5.95 Å². The van der Waals surface area contributed by atoms with Crippen LogP contribution in [-0.4, -0.2) is 38.5 Å². The van der Waals surface area contributed by atoms with E-state index in [1.165, 1.54) is 19.3 Å². The summed E-state index contributed by atoms with van der Waals surface area (Å²) in [6, 6.07) is 9.80. The number of hydrogen-bond donors (Lipinski definition) is 2. The molecule has 2 aromatic rings. The predicted octanol–water partition coefficient (Wildman–Crippen LogP) is 2.02. The Morgan fingerprint density at radius 3 is 2.62 bits per heavy atom. The number of para-hydroxylation sites is 1. The maximum atomic E-state index is 9.76. The van der Waals surface area contributed by atoms with Gasteiger partial charge < -0.3 is 10.4 Å². The molecule has 1 aromatic heterocycles. The molecule has 0 bridgehead atoms. The Kier molecular flexibility index (Phi) is 4.15. The molecule has 0 unspecified atom stereocenters. The van der Waals surface area contributed by atoms with Crippen LogP contribution in [0.5, 0.6) is 0 Å². The Bertz CT molecular complexity index is 562. The minimum atomic E-state index is -0.0360. The number of anilines is 1. The molecule has 0 spiro atoms. The zero-order chi connectivity index (χ0) is 14.5. The number of nitrogens with zero attached hydrogens (tertiary/aromatic N) is 4. The summed E-state index contributed by atoms with van der Waals surface area (Å²) in [6.07, 6.45) is 5.76.